The number of aryl methyl sites for hydroxylation is 2. The molecule has 0 amide bonds. The molecule has 0 aliphatic carbocycles. The predicted octanol–water partition coefficient (Wildman–Crippen LogP) is 2.76. The molecule has 0 spiro atoms. The van der Waals surface area contributed by atoms with Crippen LogP contribution < -0.4 is 10.6 Å². The summed E-state index contributed by atoms with van der Waals surface area (Å²) in [6, 6.07) is 5.89. The molecular formula is C15H22IN5S. The summed E-state index contributed by atoms with van der Waals surface area (Å²) in [6.45, 7) is 3.58. The molecule has 0 fully saturated rings. The lowest BCUT2D eigenvalue weighted by Crippen LogP contribution is -2.37. The molecule has 2 heterocycles. The smallest absolute Gasteiger partial charge is 0.191 e. The summed E-state index contributed by atoms with van der Waals surface area (Å²) >= 11 is 1.73. The molecule has 0 radical (unpaired) electrons. The molecule has 0 saturated heterocycles. The number of aromatic nitrogens is 2. The number of halogens is 1. The van der Waals surface area contributed by atoms with E-state index < -0.39 is 0 Å². The second-order valence-corrected chi connectivity index (χ2v) is 5.60. The standard InChI is InChI=1S/C15H21N5S.HI/c1-12-11-21-14(20-12)7-5-9-18-15(16-2)19-10-13-6-3-4-8-17-13;/h3-4,6,8,11H,5,7,9-10H2,1-2H3,(H2,16,18,19);1H. The summed E-state index contributed by atoms with van der Waals surface area (Å²) in [6.07, 6.45) is 3.84. The van der Waals surface area contributed by atoms with Gasteiger partial charge >= 0.3 is 0 Å². The van der Waals surface area contributed by atoms with Crippen molar-refractivity contribution >= 4 is 41.3 Å². The number of nitrogens with zero attached hydrogens (tertiary/aromatic N) is 3. The van der Waals surface area contributed by atoms with Crippen LogP contribution in [0.2, 0.25) is 0 Å². The Balaban J connectivity index is 0.00000242. The molecule has 0 aliphatic heterocycles. The number of guanidine groups is 1. The average Bonchev–Trinajstić information content (AvgIpc) is 2.93. The van der Waals surface area contributed by atoms with Crippen LogP contribution in [0.5, 0.6) is 0 Å². The third kappa shape index (κ3) is 6.69. The summed E-state index contributed by atoms with van der Waals surface area (Å²) in [4.78, 5) is 12.9. The van der Waals surface area contributed by atoms with Crippen molar-refractivity contribution < 1.29 is 0 Å². The number of rotatable bonds is 6. The first-order chi connectivity index (χ1) is 10.3. The summed E-state index contributed by atoms with van der Waals surface area (Å²) < 4.78 is 0. The Kier molecular flexibility index (Phi) is 8.98. The maximum Gasteiger partial charge on any atom is 0.191 e. The van der Waals surface area contributed by atoms with E-state index in [1.165, 1.54) is 5.01 Å². The highest BCUT2D eigenvalue weighted by Gasteiger charge is 2.01. The van der Waals surface area contributed by atoms with Gasteiger partial charge in [-0.05, 0) is 25.5 Å². The quantitative estimate of drug-likeness (QED) is 0.320. The van der Waals surface area contributed by atoms with Gasteiger partial charge in [0.25, 0.3) is 0 Å². The highest BCUT2D eigenvalue weighted by Crippen LogP contribution is 2.10. The van der Waals surface area contributed by atoms with E-state index in [4.69, 9.17) is 0 Å². The third-order valence-corrected chi connectivity index (χ3v) is 3.94. The highest BCUT2D eigenvalue weighted by molar-refractivity contribution is 14.0. The molecule has 22 heavy (non-hydrogen) atoms. The monoisotopic (exact) mass is 431 g/mol. The van der Waals surface area contributed by atoms with Crippen LogP contribution in [0.4, 0.5) is 0 Å². The van der Waals surface area contributed by atoms with Crippen LogP contribution in [0.3, 0.4) is 0 Å². The van der Waals surface area contributed by atoms with Gasteiger partial charge in [0.2, 0.25) is 0 Å². The molecule has 0 unspecified atom stereocenters. The van der Waals surface area contributed by atoms with Crippen molar-refractivity contribution in [1.29, 1.82) is 0 Å². The minimum absolute atomic E-state index is 0. The van der Waals surface area contributed by atoms with Crippen molar-refractivity contribution in [2.75, 3.05) is 13.6 Å². The Morgan fingerprint density at radius 1 is 1.32 bits per heavy atom. The van der Waals surface area contributed by atoms with Crippen molar-refractivity contribution in [2.45, 2.75) is 26.3 Å². The van der Waals surface area contributed by atoms with Gasteiger partial charge in [0.1, 0.15) is 0 Å². The van der Waals surface area contributed by atoms with E-state index in [0.29, 0.717) is 6.54 Å². The zero-order valence-corrected chi connectivity index (χ0v) is 16.0. The van der Waals surface area contributed by atoms with E-state index in [9.17, 15) is 0 Å². The number of hydrogen-bond acceptors (Lipinski definition) is 4. The zero-order valence-electron chi connectivity index (χ0n) is 12.9. The van der Waals surface area contributed by atoms with Crippen LogP contribution in [0.25, 0.3) is 0 Å². The van der Waals surface area contributed by atoms with Crippen LogP contribution in [-0.4, -0.2) is 29.5 Å². The number of nitrogens with one attached hydrogen (secondary N) is 2. The van der Waals surface area contributed by atoms with E-state index in [2.05, 4.69) is 31.0 Å². The van der Waals surface area contributed by atoms with Gasteiger partial charge in [0.15, 0.2) is 5.96 Å². The maximum atomic E-state index is 4.46. The Morgan fingerprint density at radius 3 is 2.82 bits per heavy atom. The Labute approximate surface area is 152 Å². The molecule has 7 heteroatoms. The fraction of sp³-hybridized carbons (Fsp3) is 0.400. The first kappa shape index (κ1) is 18.8. The second kappa shape index (κ2) is 10.5. The van der Waals surface area contributed by atoms with Crippen molar-refractivity contribution in [3.8, 4) is 0 Å². The topological polar surface area (TPSA) is 62.2 Å². The Hall–Kier alpha value is -1.22. The van der Waals surface area contributed by atoms with Crippen LogP contribution in [0.1, 0.15) is 22.8 Å². The number of aliphatic imine (C=N–C) groups is 1. The van der Waals surface area contributed by atoms with E-state index in [1.54, 1.807) is 24.6 Å². The Bertz CT molecular complexity index is 570. The van der Waals surface area contributed by atoms with Crippen LogP contribution in [0, 0.1) is 6.92 Å². The first-order valence-corrected chi connectivity index (χ1v) is 7.91. The van der Waals surface area contributed by atoms with Crippen molar-refractivity contribution in [2.24, 2.45) is 4.99 Å². The molecule has 0 aromatic carbocycles. The van der Waals surface area contributed by atoms with Gasteiger partial charge in [-0.3, -0.25) is 9.98 Å². The molecule has 0 bridgehead atoms. The van der Waals surface area contributed by atoms with Gasteiger partial charge in [-0.15, -0.1) is 35.3 Å². The summed E-state index contributed by atoms with van der Waals surface area (Å²) in [5.41, 5.74) is 2.11. The molecule has 2 rings (SSSR count). The minimum atomic E-state index is 0. The van der Waals surface area contributed by atoms with E-state index >= 15 is 0 Å². The normalized spacial score (nSPS) is 10.9. The van der Waals surface area contributed by atoms with E-state index in [-0.39, 0.29) is 24.0 Å². The van der Waals surface area contributed by atoms with Crippen LogP contribution in [-0.2, 0) is 13.0 Å². The van der Waals surface area contributed by atoms with Crippen molar-refractivity contribution in [3.05, 3.63) is 46.2 Å². The molecule has 2 aromatic heterocycles. The van der Waals surface area contributed by atoms with E-state index in [1.807, 2.05) is 25.1 Å². The third-order valence-electron chi connectivity index (χ3n) is 2.91. The average molecular weight is 431 g/mol. The SMILES string of the molecule is CN=C(NCCCc1nc(C)cs1)NCc1ccccn1.I. The Morgan fingerprint density at radius 2 is 2.18 bits per heavy atom. The van der Waals surface area contributed by atoms with Gasteiger partial charge < -0.3 is 10.6 Å². The lowest BCUT2D eigenvalue weighted by atomic mass is 10.3. The molecule has 2 N–H and O–H groups in total. The van der Waals surface area contributed by atoms with Gasteiger partial charge in [-0.2, -0.15) is 0 Å². The van der Waals surface area contributed by atoms with E-state index in [0.717, 1.165) is 36.7 Å². The number of hydrogen-bond donors (Lipinski definition) is 2. The van der Waals surface area contributed by atoms with Crippen molar-refractivity contribution in [3.63, 3.8) is 0 Å². The van der Waals surface area contributed by atoms with Gasteiger partial charge in [-0.25, -0.2) is 4.98 Å². The molecule has 0 saturated carbocycles. The fourth-order valence-corrected chi connectivity index (χ4v) is 2.68. The number of pyridine rings is 1. The number of thiazole rings is 1. The molecular weight excluding hydrogens is 409 g/mol. The lowest BCUT2D eigenvalue weighted by Gasteiger charge is -2.11. The minimum Gasteiger partial charge on any atom is -0.356 e. The highest BCUT2D eigenvalue weighted by atomic mass is 127. The molecule has 5 nitrogen and oxygen atoms in total. The van der Waals surface area contributed by atoms with Crippen LogP contribution in [0.15, 0.2) is 34.8 Å². The van der Waals surface area contributed by atoms with Gasteiger partial charge in [-0.1, -0.05) is 6.07 Å². The predicted molar refractivity (Wildman–Crippen MR) is 103 cm³/mol. The largest absolute Gasteiger partial charge is 0.356 e. The molecule has 0 atom stereocenters. The molecule has 120 valence electrons. The summed E-state index contributed by atoms with van der Waals surface area (Å²) in [5.74, 6) is 0.802. The second-order valence-electron chi connectivity index (χ2n) is 4.66. The van der Waals surface area contributed by atoms with Gasteiger partial charge in [0, 0.05) is 37.3 Å². The summed E-state index contributed by atoms with van der Waals surface area (Å²) in [7, 11) is 1.78. The first-order valence-electron chi connectivity index (χ1n) is 7.03. The maximum absolute atomic E-state index is 4.46. The molecule has 2 aromatic rings. The van der Waals surface area contributed by atoms with Gasteiger partial charge in [0.05, 0.1) is 17.2 Å². The molecule has 0 aliphatic rings. The zero-order chi connectivity index (χ0) is 14.9. The van der Waals surface area contributed by atoms with Crippen LogP contribution >= 0.6 is 35.3 Å². The summed E-state index contributed by atoms with van der Waals surface area (Å²) in [5, 5.41) is 9.85. The fourth-order valence-electron chi connectivity index (χ4n) is 1.86. The van der Waals surface area contributed by atoms with Crippen molar-refractivity contribution in [1.82, 2.24) is 20.6 Å². The lowest BCUT2D eigenvalue weighted by molar-refractivity contribution is 0.735.